The number of carbonyl (C=O) groups is 1. The normalized spacial score (nSPS) is 19.7. The summed E-state index contributed by atoms with van der Waals surface area (Å²) in [5, 5.41) is 0.725. The molecule has 2 rings (SSSR count). The van der Waals surface area contributed by atoms with Gasteiger partial charge in [0.05, 0.1) is 0 Å². The molecule has 1 saturated heterocycles. The molecular formula is C17H26ClN3O2. The molecule has 1 aromatic carbocycles. The van der Waals surface area contributed by atoms with Crippen molar-refractivity contribution in [2.45, 2.75) is 45.3 Å². The number of halogens is 1. The van der Waals surface area contributed by atoms with Crippen LogP contribution in [0.2, 0.25) is 5.02 Å². The lowest BCUT2D eigenvalue weighted by Crippen LogP contribution is -2.44. The molecule has 0 bridgehead atoms. The van der Waals surface area contributed by atoms with E-state index in [0.717, 1.165) is 17.9 Å². The van der Waals surface area contributed by atoms with Gasteiger partial charge in [-0.05, 0) is 57.2 Å². The van der Waals surface area contributed by atoms with Crippen LogP contribution in [0.3, 0.4) is 0 Å². The maximum atomic E-state index is 12.2. The Bertz CT molecular complexity index is 528. The smallest absolute Gasteiger partial charge is 0.410 e. The zero-order valence-corrected chi connectivity index (χ0v) is 14.8. The lowest BCUT2D eigenvalue weighted by molar-refractivity contribution is 0.0285. The average molecular weight is 340 g/mol. The van der Waals surface area contributed by atoms with Gasteiger partial charge < -0.3 is 9.64 Å². The SMILES string of the molecule is CC(C)(C)OC(=O)N1CCC(C(Cc2ccc(Cl)cc2)NN)C1. The fraction of sp³-hybridized carbons (Fsp3) is 0.588. The third kappa shape index (κ3) is 5.37. The van der Waals surface area contributed by atoms with Crippen LogP contribution in [0.4, 0.5) is 4.79 Å². The number of hydrogen-bond acceptors (Lipinski definition) is 4. The standard InChI is InChI=1S/C17H26ClN3O2/c1-17(2,3)23-16(22)21-9-8-13(11-21)15(20-19)10-12-4-6-14(18)7-5-12/h4-7,13,15,20H,8-11,19H2,1-3H3. The van der Waals surface area contributed by atoms with Crippen LogP contribution in [0, 0.1) is 5.92 Å². The average Bonchev–Trinajstić information content (AvgIpc) is 2.94. The minimum absolute atomic E-state index is 0.114. The Morgan fingerprint density at radius 3 is 2.65 bits per heavy atom. The van der Waals surface area contributed by atoms with Crippen LogP contribution >= 0.6 is 11.6 Å². The highest BCUT2D eigenvalue weighted by Gasteiger charge is 2.33. The molecule has 0 saturated carbocycles. The third-order valence-corrected chi connectivity index (χ3v) is 4.28. The van der Waals surface area contributed by atoms with Gasteiger partial charge in [0.1, 0.15) is 5.60 Å². The van der Waals surface area contributed by atoms with E-state index in [0.29, 0.717) is 19.0 Å². The van der Waals surface area contributed by atoms with E-state index in [1.165, 1.54) is 5.56 Å². The molecule has 1 fully saturated rings. The van der Waals surface area contributed by atoms with Crippen LogP contribution in [0.15, 0.2) is 24.3 Å². The van der Waals surface area contributed by atoms with E-state index in [1.807, 2.05) is 45.0 Å². The molecule has 1 amide bonds. The van der Waals surface area contributed by atoms with Gasteiger partial charge in [0.25, 0.3) is 0 Å². The van der Waals surface area contributed by atoms with Crippen LogP contribution < -0.4 is 11.3 Å². The van der Waals surface area contributed by atoms with Gasteiger partial charge in [-0.15, -0.1) is 0 Å². The minimum atomic E-state index is -0.468. The number of nitrogens with two attached hydrogens (primary N) is 1. The summed E-state index contributed by atoms with van der Waals surface area (Å²) in [5.41, 5.74) is 3.61. The van der Waals surface area contributed by atoms with Crippen molar-refractivity contribution in [3.63, 3.8) is 0 Å². The second kappa shape index (κ2) is 7.51. The number of amides is 1. The Morgan fingerprint density at radius 2 is 2.09 bits per heavy atom. The molecule has 2 unspecified atom stereocenters. The zero-order chi connectivity index (χ0) is 17.0. The molecule has 2 atom stereocenters. The zero-order valence-electron chi connectivity index (χ0n) is 14.0. The van der Waals surface area contributed by atoms with Gasteiger partial charge in [0.15, 0.2) is 0 Å². The molecule has 5 nitrogen and oxygen atoms in total. The molecule has 0 radical (unpaired) electrons. The van der Waals surface area contributed by atoms with Crippen molar-refractivity contribution in [1.82, 2.24) is 10.3 Å². The number of ether oxygens (including phenoxy) is 1. The first kappa shape index (κ1) is 18.0. The van der Waals surface area contributed by atoms with Crippen molar-refractivity contribution in [2.75, 3.05) is 13.1 Å². The number of hydrogen-bond donors (Lipinski definition) is 2. The summed E-state index contributed by atoms with van der Waals surface area (Å²) in [6.07, 6.45) is 1.48. The molecule has 1 aromatic rings. The largest absolute Gasteiger partial charge is 0.444 e. The van der Waals surface area contributed by atoms with Crippen molar-refractivity contribution in [2.24, 2.45) is 11.8 Å². The number of benzene rings is 1. The first-order valence-electron chi connectivity index (χ1n) is 7.97. The predicted octanol–water partition coefficient (Wildman–Crippen LogP) is 2.97. The quantitative estimate of drug-likeness (QED) is 0.653. The number of nitrogens with one attached hydrogen (secondary N) is 1. The van der Waals surface area contributed by atoms with Gasteiger partial charge in [0.2, 0.25) is 0 Å². The first-order chi connectivity index (χ1) is 10.8. The monoisotopic (exact) mass is 339 g/mol. The lowest BCUT2D eigenvalue weighted by atomic mass is 9.93. The van der Waals surface area contributed by atoms with Crippen LogP contribution in [0.1, 0.15) is 32.8 Å². The Hall–Kier alpha value is -1.30. The highest BCUT2D eigenvalue weighted by Crippen LogP contribution is 2.24. The highest BCUT2D eigenvalue weighted by molar-refractivity contribution is 6.30. The number of carbonyl (C=O) groups excluding carboxylic acids is 1. The maximum absolute atomic E-state index is 12.2. The lowest BCUT2D eigenvalue weighted by Gasteiger charge is -2.26. The van der Waals surface area contributed by atoms with E-state index in [-0.39, 0.29) is 12.1 Å². The maximum Gasteiger partial charge on any atom is 0.410 e. The number of likely N-dealkylation sites (tertiary alicyclic amines) is 1. The second-order valence-corrected chi connectivity index (χ2v) is 7.52. The van der Waals surface area contributed by atoms with Crippen LogP contribution in [-0.4, -0.2) is 35.7 Å². The van der Waals surface area contributed by atoms with Gasteiger partial charge in [-0.3, -0.25) is 11.3 Å². The molecular weight excluding hydrogens is 314 g/mol. The van der Waals surface area contributed by atoms with Gasteiger partial charge in [-0.25, -0.2) is 4.79 Å². The van der Waals surface area contributed by atoms with Crippen molar-refractivity contribution < 1.29 is 9.53 Å². The molecule has 0 aromatic heterocycles. The van der Waals surface area contributed by atoms with Gasteiger partial charge in [-0.2, -0.15) is 0 Å². The van der Waals surface area contributed by atoms with E-state index < -0.39 is 5.60 Å². The Morgan fingerprint density at radius 1 is 1.43 bits per heavy atom. The predicted molar refractivity (Wildman–Crippen MR) is 92.2 cm³/mol. The Kier molecular flexibility index (Phi) is 5.89. The third-order valence-electron chi connectivity index (χ3n) is 4.03. The van der Waals surface area contributed by atoms with Crippen LogP contribution in [0.25, 0.3) is 0 Å². The van der Waals surface area contributed by atoms with Crippen LogP contribution in [0.5, 0.6) is 0 Å². The minimum Gasteiger partial charge on any atom is -0.444 e. The molecule has 0 spiro atoms. The molecule has 1 aliphatic heterocycles. The van der Waals surface area contributed by atoms with Crippen molar-refractivity contribution in [1.29, 1.82) is 0 Å². The van der Waals surface area contributed by atoms with E-state index in [2.05, 4.69) is 5.43 Å². The number of rotatable bonds is 4. The molecule has 1 heterocycles. The summed E-state index contributed by atoms with van der Waals surface area (Å²) in [5.74, 6) is 6.05. The summed E-state index contributed by atoms with van der Waals surface area (Å²) >= 11 is 5.92. The highest BCUT2D eigenvalue weighted by atomic mass is 35.5. The molecule has 3 N–H and O–H groups in total. The topological polar surface area (TPSA) is 67.6 Å². The van der Waals surface area contributed by atoms with E-state index >= 15 is 0 Å². The van der Waals surface area contributed by atoms with Crippen molar-refractivity contribution >= 4 is 17.7 Å². The van der Waals surface area contributed by atoms with Crippen LogP contribution in [-0.2, 0) is 11.2 Å². The summed E-state index contributed by atoms with van der Waals surface area (Å²) in [6.45, 7) is 7.01. The summed E-state index contributed by atoms with van der Waals surface area (Å²) in [4.78, 5) is 13.9. The van der Waals surface area contributed by atoms with Crippen molar-refractivity contribution in [3.05, 3.63) is 34.9 Å². The molecule has 0 aliphatic carbocycles. The number of nitrogens with zero attached hydrogens (tertiary/aromatic N) is 1. The first-order valence-corrected chi connectivity index (χ1v) is 8.35. The Balaban J connectivity index is 1.93. The molecule has 6 heteroatoms. The van der Waals surface area contributed by atoms with E-state index in [4.69, 9.17) is 22.2 Å². The fourth-order valence-electron chi connectivity index (χ4n) is 2.84. The van der Waals surface area contributed by atoms with Crippen molar-refractivity contribution in [3.8, 4) is 0 Å². The molecule has 128 valence electrons. The van der Waals surface area contributed by atoms with Gasteiger partial charge in [-0.1, -0.05) is 23.7 Å². The summed E-state index contributed by atoms with van der Waals surface area (Å²) in [7, 11) is 0. The van der Waals surface area contributed by atoms with E-state index in [9.17, 15) is 4.79 Å². The fourth-order valence-corrected chi connectivity index (χ4v) is 2.97. The van der Waals surface area contributed by atoms with E-state index in [1.54, 1.807) is 4.90 Å². The Labute approximate surface area is 143 Å². The molecule has 1 aliphatic rings. The van der Waals surface area contributed by atoms with Gasteiger partial charge in [0, 0.05) is 24.2 Å². The van der Waals surface area contributed by atoms with Gasteiger partial charge >= 0.3 is 6.09 Å². The second-order valence-electron chi connectivity index (χ2n) is 7.08. The molecule has 23 heavy (non-hydrogen) atoms. The number of hydrazine groups is 1. The summed E-state index contributed by atoms with van der Waals surface area (Å²) < 4.78 is 5.44. The summed E-state index contributed by atoms with van der Waals surface area (Å²) in [6, 6.07) is 7.89.